The van der Waals surface area contributed by atoms with Gasteiger partial charge in [0, 0.05) is 25.6 Å². The van der Waals surface area contributed by atoms with Crippen LogP contribution in [0.25, 0.3) is 0 Å². The van der Waals surface area contributed by atoms with Gasteiger partial charge in [-0.1, -0.05) is 6.42 Å². The first kappa shape index (κ1) is 14.5. The van der Waals surface area contributed by atoms with Crippen LogP contribution in [0.1, 0.15) is 32.6 Å². The van der Waals surface area contributed by atoms with E-state index in [1.54, 1.807) is 0 Å². The monoisotopic (exact) mass is 241 g/mol. The van der Waals surface area contributed by atoms with Gasteiger partial charge in [0.15, 0.2) is 0 Å². The first-order valence-electron chi connectivity index (χ1n) is 6.74. The van der Waals surface area contributed by atoms with Crippen LogP contribution >= 0.6 is 0 Å². The Bertz CT molecular complexity index is 243. The van der Waals surface area contributed by atoms with Crippen molar-refractivity contribution < 1.29 is 4.79 Å². The Morgan fingerprint density at radius 3 is 2.59 bits per heavy atom. The molecule has 4 heteroatoms. The van der Waals surface area contributed by atoms with E-state index in [4.69, 9.17) is 5.73 Å². The van der Waals surface area contributed by atoms with E-state index in [0.29, 0.717) is 24.9 Å². The number of amides is 1. The summed E-state index contributed by atoms with van der Waals surface area (Å²) in [5.41, 5.74) is 5.79. The Hall–Kier alpha value is -0.610. The third-order valence-corrected chi connectivity index (χ3v) is 3.76. The molecule has 1 rings (SSSR count). The quantitative estimate of drug-likeness (QED) is 0.752. The zero-order valence-corrected chi connectivity index (χ0v) is 11.5. The topological polar surface area (TPSA) is 49.6 Å². The summed E-state index contributed by atoms with van der Waals surface area (Å²) >= 11 is 0. The second-order valence-corrected chi connectivity index (χ2v) is 5.23. The molecule has 1 aliphatic rings. The van der Waals surface area contributed by atoms with Crippen LogP contribution in [-0.2, 0) is 4.79 Å². The highest BCUT2D eigenvalue weighted by molar-refractivity contribution is 5.76. The molecule has 1 fully saturated rings. The van der Waals surface area contributed by atoms with E-state index >= 15 is 0 Å². The predicted octanol–water partition coefficient (Wildman–Crippen LogP) is 0.914. The van der Waals surface area contributed by atoms with Gasteiger partial charge in [-0.15, -0.1) is 0 Å². The largest absolute Gasteiger partial charge is 0.340 e. The van der Waals surface area contributed by atoms with Crippen molar-refractivity contribution in [1.82, 2.24) is 9.80 Å². The summed E-state index contributed by atoms with van der Waals surface area (Å²) in [7, 11) is 4.00. The van der Waals surface area contributed by atoms with Gasteiger partial charge in [0.1, 0.15) is 0 Å². The molecule has 0 bridgehead atoms. The standard InChI is InChI=1S/C13H27N3O/c1-4-16(13(17)8-9-15(2)3)12-7-5-6-11(12)10-14/h11-12H,4-10,14H2,1-3H3. The minimum absolute atomic E-state index is 0.284. The molecule has 0 radical (unpaired) electrons. The number of hydrogen-bond acceptors (Lipinski definition) is 3. The molecule has 0 saturated heterocycles. The van der Waals surface area contributed by atoms with Crippen molar-refractivity contribution in [3.63, 3.8) is 0 Å². The molecule has 1 aliphatic carbocycles. The molecular formula is C13H27N3O. The molecule has 100 valence electrons. The summed E-state index contributed by atoms with van der Waals surface area (Å²) in [5, 5.41) is 0. The molecule has 2 unspecified atom stereocenters. The Kier molecular flexibility index (Phi) is 5.92. The SMILES string of the molecule is CCN(C(=O)CCN(C)C)C1CCCC1CN. The van der Waals surface area contributed by atoms with E-state index < -0.39 is 0 Å². The van der Waals surface area contributed by atoms with Crippen LogP contribution in [0, 0.1) is 5.92 Å². The molecule has 2 atom stereocenters. The van der Waals surface area contributed by atoms with Crippen LogP contribution in [-0.4, -0.2) is 55.5 Å². The Balaban J connectivity index is 2.54. The van der Waals surface area contributed by atoms with Gasteiger partial charge >= 0.3 is 0 Å². The van der Waals surface area contributed by atoms with Crippen molar-refractivity contribution in [2.45, 2.75) is 38.6 Å². The van der Waals surface area contributed by atoms with Crippen molar-refractivity contribution in [1.29, 1.82) is 0 Å². The third-order valence-electron chi connectivity index (χ3n) is 3.76. The molecule has 0 aliphatic heterocycles. The summed E-state index contributed by atoms with van der Waals surface area (Å²) in [6, 6.07) is 0.389. The number of nitrogens with zero attached hydrogens (tertiary/aromatic N) is 2. The maximum absolute atomic E-state index is 12.2. The van der Waals surface area contributed by atoms with Crippen molar-refractivity contribution in [2.75, 3.05) is 33.7 Å². The first-order chi connectivity index (χ1) is 8.10. The first-order valence-corrected chi connectivity index (χ1v) is 6.74. The maximum atomic E-state index is 12.2. The molecular weight excluding hydrogens is 214 g/mol. The average Bonchev–Trinajstić information content (AvgIpc) is 2.75. The number of nitrogens with two attached hydrogens (primary N) is 1. The van der Waals surface area contributed by atoms with E-state index in [0.717, 1.165) is 19.5 Å². The Morgan fingerprint density at radius 1 is 1.35 bits per heavy atom. The maximum Gasteiger partial charge on any atom is 0.224 e. The van der Waals surface area contributed by atoms with Gasteiger partial charge < -0.3 is 15.5 Å². The zero-order valence-electron chi connectivity index (χ0n) is 11.5. The van der Waals surface area contributed by atoms with Gasteiger partial charge in [0.05, 0.1) is 0 Å². The van der Waals surface area contributed by atoms with Crippen LogP contribution < -0.4 is 5.73 Å². The van der Waals surface area contributed by atoms with E-state index in [9.17, 15) is 4.79 Å². The smallest absolute Gasteiger partial charge is 0.224 e. The van der Waals surface area contributed by atoms with Crippen LogP contribution in [0.2, 0.25) is 0 Å². The molecule has 0 aromatic rings. The van der Waals surface area contributed by atoms with E-state index in [2.05, 4.69) is 11.8 Å². The van der Waals surface area contributed by atoms with Crippen LogP contribution in [0.3, 0.4) is 0 Å². The molecule has 2 N–H and O–H groups in total. The highest BCUT2D eigenvalue weighted by atomic mass is 16.2. The van der Waals surface area contributed by atoms with Crippen molar-refractivity contribution in [3.8, 4) is 0 Å². The fourth-order valence-electron chi connectivity index (χ4n) is 2.76. The van der Waals surface area contributed by atoms with E-state index in [1.807, 2.05) is 19.0 Å². The molecule has 0 heterocycles. The van der Waals surface area contributed by atoms with Crippen LogP contribution in [0.15, 0.2) is 0 Å². The van der Waals surface area contributed by atoms with Gasteiger partial charge in [-0.05, 0) is 46.3 Å². The normalized spacial score (nSPS) is 24.3. The molecule has 1 saturated carbocycles. The number of rotatable bonds is 6. The summed E-state index contributed by atoms with van der Waals surface area (Å²) in [5.74, 6) is 0.796. The predicted molar refractivity (Wildman–Crippen MR) is 70.7 cm³/mol. The van der Waals surface area contributed by atoms with Gasteiger partial charge in [0.25, 0.3) is 0 Å². The summed E-state index contributed by atoms with van der Waals surface area (Å²) in [4.78, 5) is 16.3. The minimum Gasteiger partial charge on any atom is -0.340 e. The molecule has 0 spiro atoms. The lowest BCUT2D eigenvalue weighted by atomic mass is 10.0. The summed E-state index contributed by atoms with van der Waals surface area (Å²) in [6.07, 6.45) is 4.14. The van der Waals surface area contributed by atoms with Gasteiger partial charge in [-0.2, -0.15) is 0 Å². The molecule has 0 aromatic heterocycles. The fraction of sp³-hybridized carbons (Fsp3) is 0.923. The van der Waals surface area contributed by atoms with Crippen LogP contribution in [0.4, 0.5) is 0 Å². The van der Waals surface area contributed by atoms with Crippen molar-refractivity contribution in [2.24, 2.45) is 11.7 Å². The molecule has 1 amide bonds. The second kappa shape index (κ2) is 6.97. The van der Waals surface area contributed by atoms with E-state index in [-0.39, 0.29) is 5.91 Å². The minimum atomic E-state index is 0.284. The zero-order chi connectivity index (χ0) is 12.8. The van der Waals surface area contributed by atoms with Gasteiger partial charge in [-0.25, -0.2) is 0 Å². The van der Waals surface area contributed by atoms with Gasteiger partial charge in [-0.3, -0.25) is 4.79 Å². The highest BCUT2D eigenvalue weighted by Crippen LogP contribution is 2.29. The lowest BCUT2D eigenvalue weighted by Crippen LogP contribution is -2.44. The van der Waals surface area contributed by atoms with E-state index in [1.165, 1.54) is 12.8 Å². The number of hydrogen-bond donors (Lipinski definition) is 1. The lowest BCUT2D eigenvalue weighted by molar-refractivity contribution is -0.134. The Morgan fingerprint density at radius 2 is 2.06 bits per heavy atom. The summed E-state index contributed by atoms with van der Waals surface area (Å²) < 4.78 is 0. The second-order valence-electron chi connectivity index (χ2n) is 5.23. The fourth-order valence-corrected chi connectivity index (χ4v) is 2.76. The molecule has 0 aromatic carbocycles. The molecule has 4 nitrogen and oxygen atoms in total. The van der Waals surface area contributed by atoms with Crippen molar-refractivity contribution in [3.05, 3.63) is 0 Å². The number of carbonyl (C=O) groups is 1. The van der Waals surface area contributed by atoms with Crippen molar-refractivity contribution >= 4 is 5.91 Å². The summed E-state index contributed by atoms with van der Waals surface area (Å²) in [6.45, 7) is 4.42. The molecule has 17 heavy (non-hydrogen) atoms. The van der Waals surface area contributed by atoms with Crippen LogP contribution in [0.5, 0.6) is 0 Å². The van der Waals surface area contributed by atoms with Gasteiger partial charge in [0.2, 0.25) is 5.91 Å². The average molecular weight is 241 g/mol. The third kappa shape index (κ3) is 3.96. The lowest BCUT2D eigenvalue weighted by Gasteiger charge is -2.32. The number of carbonyl (C=O) groups excluding carboxylic acids is 1. The Labute approximate surface area is 105 Å². The highest BCUT2D eigenvalue weighted by Gasteiger charge is 2.32.